The Bertz CT molecular complexity index is 785. The number of rotatable bonds is 6. The standard InChI is InChI=1S/C19H24N2O3S/c1-24-18-7-5-6-17(16-18)10-11-20-12-14-21(15-13-20)25(22,23)19-8-3-2-4-9-19/h2-9,16H,10-15H2,1H3. The van der Waals surface area contributed by atoms with Crippen LogP contribution < -0.4 is 4.74 Å². The van der Waals surface area contributed by atoms with E-state index in [9.17, 15) is 8.42 Å². The van der Waals surface area contributed by atoms with Crippen molar-refractivity contribution in [2.45, 2.75) is 11.3 Å². The molecule has 0 N–H and O–H groups in total. The van der Waals surface area contributed by atoms with Crippen molar-refractivity contribution in [3.05, 3.63) is 60.2 Å². The number of nitrogens with zero attached hydrogens (tertiary/aromatic N) is 2. The van der Waals surface area contributed by atoms with Crippen molar-refractivity contribution in [3.8, 4) is 5.75 Å². The monoisotopic (exact) mass is 360 g/mol. The summed E-state index contributed by atoms with van der Waals surface area (Å²) in [5.74, 6) is 0.872. The molecular formula is C19H24N2O3S. The van der Waals surface area contributed by atoms with Gasteiger partial charge in [0, 0.05) is 32.7 Å². The van der Waals surface area contributed by atoms with Crippen molar-refractivity contribution in [1.82, 2.24) is 9.21 Å². The van der Waals surface area contributed by atoms with Crippen molar-refractivity contribution >= 4 is 10.0 Å². The Morgan fingerprint density at radius 2 is 1.68 bits per heavy atom. The highest BCUT2D eigenvalue weighted by Gasteiger charge is 2.27. The topological polar surface area (TPSA) is 49.9 Å². The van der Waals surface area contributed by atoms with Crippen LogP contribution >= 0.6 is 0 Å². The lowest BCUT2D eigenvalue weighted by Crippen LogP contribution is -2.48. The summed E-state index contributed by atoms with van der Waals surface area (Å²) in [6.07, 6.45) is 0.933. The predicted molar refractivity (Wildman–Crippen MR) is 98.3 cm³/mol. The highest BCUT2D eigenvalue weighted by molar-refractivity contribution is 7.89. The molecule has 0 bridgehead atoms. The number of benzene rings is 2. The van der Waals surface area contributed by atoms with Gasteiger partial charge in [-0.2, -0.15) is 4.31 Å². The Morgan fingerprint density at radius 1 is 0.960 bits per heavy atom. The first kappa shape index (κ1) is 17.9. The van der Waals surface area contributed by atoms with E-state index in [0.29, 0.717) is 18.0 Å². The normalized spacial score (nSPS) is 16.7. The Kier molecular flexibility index (Phi) is 5.73. The first-order chi connectivity index (χ1) is 12.1. The first-order valence-electron chi connectivity index (χ1n) is 8.50. The summed E-state index contributed by atoms with van der Waals surface area (Å²) in [6.45, 7) is 3.52. The van der Waals surface area contributed by atoms with Gasteiger partial charge in [-0.05, 0) is 36.2 Å². The van der Waals surface area contributed by atoms with Gasteiger partial charge < -0.3 is 9.64 Å². The van der Waals surface area contributed by atoms with E-state index in [0.717, 1.165) is 31.8 Å². The average Bonchev–Trinajstić information content (AvgIpc) is 2.67. The second-order valence-electron chi connectivity index (χ2n) is 6.16. The summed E-state index contributed by atoms with van der Waals surface area (Å²) in [6, 6.07) is 16.8. The van der Waals surface area contributed by atoms with Crippen molar-refractivity contribution in [2.24, 2.45) is 0 Å². The van der Waals surface area contributed by atoms with Gasteiger partial charge in [-0.3, -0.25) is 0 Å². The van der Waals surface area contributed by atoms with Crippen LogP contribution in [0.3, 0.4) is 0 Å². The maximum atomic E-state index is 12.6. The molecule has 5 nitrogen and oxygen atoms in total. The van der Waals surface area contributed by atoms with Crippen LogP contribution in [0, 0.1) is 0 Å². The maximum Gasteiger partial charge on any atom is 0.243 e. The van der Waals surface area contributed by atoms with Crippen molar-refractivity contribution in [1.29, 1.82) is 0 Å². The van der Waals surface area contributed by atoms with Gasteiger partial charge in [-0.25, -0.2) is 8.42 Å². The molecule has 0 unspecified atom stereocenters. The number of hydrogen-bond acceptors (Lipinski definition) is 4. The highest BCUT2D eigenvalue weighted by Crippen LogP contribution is 2.18. The molecule has 134 valence electrons. The van der Waals surface area contributed by atoms with Crippen LogP contribution in [0.5, 0.6) is 5.75 Å². The van der Waals surface area contributed by atoms with E-state index < -0.39 is 10.0 Å². The number of hydrogen-bond donors (Lipinski definition) is 0. The van der Waals surface area contributed by atoms with Gasteiger partial charge in [0.1, 0.15) is 5.75 Å². The van der Waals surface area contributed by atoms with E-state index in [-0.39, 0.29) is 0 Å². The summed E-state index contributed by atoms with van der Waals surface area (Å²) in [7, 11) is -1.70. The minimum atomic E-state index is -3.37. The van der Waals surface area contributed by atoms with E-state index in [1.54, 1.807) is 35.7 Å². The Balaban J connectivity index is 1.53. The lowest BCUT2D eigenvalue weighted by Gasteiger charge is -2.34. The van der Waals surface area contributed by atoms with Crippen LogP contribution in [0.15, 0.2) is 59.5 Å². The van der Waals surface area contributed by atoms with Crippen LogP contribution in [-0.4, -0.2) is 57.5 Å². The largest absolute Gasteiger partial charge is 0.497 e. The van der Waals surface area contributed by atoms with E-state index in [4.69, 9.17) is 4.74 Å². The summed E-state index contributed by atoms with van der Waals surface area (Å²) in [5, 5.41) is 0. The van der Waals surface area contributed by atoms with Gasteiger partial charge in [-0.1, -0.05) is 30.3 Å². The molecule has 0 atom stereocenters. The second kappa shape index (κ2) is 7.99. The molecule has 0 aromatic heterocycles. The molecule has 6 heteroatoms. The van der Waals surface area contributed by atoms with E-state index in [1.165, 1.54) is 5.56 Å². The van der Waals surface area contributed by atoms with Crippen LogP contribution in [0.2, 0.25) is 0 Å². The third kappa shape index (κ3) is 4.39. The van der Waals surface area contributed by atoms with Crippen molar-refractivity contribution in [3.63, 3.8) is 0 Å². The van der Waals surface area contributed by atoms with Gasteiger partial charge in [0.05, 0.1) is 12.0 Å². The lowest BCUT2D eigenvalue weighted by molar-refractivity contribution is 0.190. The molecule has 0 saturated carbocycles. The van der Waals surface area contributed by atoms with Crippen molar-refractivity contribution in [2.75, 3.05) is 39.8 Å². The van der Waals surface area contributed by atoms with Crippen LogP contribution in [0.4, 0.5) is 0 Å². The molecule has 25 heavy (non-hydrogen) atoms. The fourth-order valence-corrected chi connectivity index (χ4v) is 4.49. The zero-order valence-corrected chi connectivity index (χ0v) is 15.3. The van der Waals surface area contributed by atoms with E-state index in [1.807, 2.05) is 18.2 Å². The fraction of sp³-hybridized carbons (Fsp3) is 0.368. The third-order valence-electron chi connectivity index (χ3n) is 4.56. The molecule has 1 fully saturated rings. The fourth-order valence-electron chi connectivity index (χ4n) is 3.05. The average molecular weight is 360 g/mol. The van der Waals surface area contributed by atoms with Gasteiger partial charge in [0.15, 0.2) is 0 Å². The minimum absolute atomic E-state index is 0.375. The molecular weight excluding hydrogens is 336 g/mol. The molecule has 3 rings (SSSR count). The molecule has 0 radical (unpaired) electrons. The Morgan fingerprint density at radius 3 is 2.36 bits per heavy atom. The quantitative estimate of drug-likeness (QED) is 0.793. The van der Waals surface area contributed by atoms with E-state index in [2.05, 4.69) is 17.0 Å². The zero-order chi connectivity index (χ0) is 17.7. The predicted octanol–water partition coefficient (Wildman–Crippen LogP) is 2.24. The third-order valence-corrected chi connectivity index (χ3v) is 6.48. The lowest BCUT2D eigenvalue weighted by atomic mass is 10.1. The Hall–Kier alpha value is -1.89. The van der Waals surface area contributed by atoms with Gasteiger partial charge in [0.2, 0.25) is 10.0 Å². The van der Waals surface area contributed by atoms with Crippen LogP contribution in [0.25, 0.3) is 0 Å². The molecule has 1 saturated heterocycles. The number of methoxy groups -OCH3 is 1. The van der Waals surface area contributed by atoms with Crippen molar-refractivity contribution < 1.29 is 13.2 Å². The molecule has 1 heterocycles. The summed E-state index contributed by atoms with van der Waals surface area (Å²) in [4.78, 5) is 2.69. The molecule has 0 spiro atoms. The van der Waals surface area contributed by atoms with Crippen LogP contribution in [-0.2, 0) is 16.4 Å². The number of sulfonamides is 1. The molecule has 2 aromatic rings. The van der Waals surface area contributed by atoms with Gasteiger partial charge >= 0.3 is 0 Å². The zero-order valence-electron chi connectivity index (χ0n) is 14.5. The second-order valence-corrected chi connectivity index (χ2v) is 8.10. The number of piperazine rings is 1. The van der Waals surface area contributed by atoms with Gasteiger partial charge in [-0.15, -0.1) is 0 Å². The SMILES string of the molecule is COc1cccc(CCN2CCN(S(=O)(=O)c3ccccc3)CC2)c1. The maximum absolute atomic E-state index is 12.6. The summed E-state index contributed by atoms with van der Waals surface area (Å²) < 4.78 is 32.1. The molecule has 1 aliphatic rings. The molecule has 0 amide bonds. The Labute approximate surface area is 149 Å². The smallest absolute Gasteiger partial charge is 0.243 e. The molecule has 2 aromatic carbocycles. The first-order valence-corrected chi connectivity index (χ1v) is 9.94. The highest BCUT2D eigenvalue weighted by atomic mass is 32.2. The van der Waals surface area contributed by atoms with Crippen LogP contribution in [0.1, 0.15) is 5.56 Å². The molecule has 0 aliphatic carbocycles. The minimum Gasteiger partial charge on any atom is -0.497 e. The number of ether oxygens (including phenoxy) is 1. The molecule has 1 aliphatic heterocycles. The summed E-state index contributed by atoms with van der Waals surface area (Å²) >= 11 is 0. The summed E-state index contributed by atoms with van der Waals surface area (Å²) in [5.41, 5.74) is 1.23. The van der Waals surface area contributed by atoms with E-state index >= 15 is 0 Å². The van der Waals surface area contributed by atoms with Gasteiger partial charge in [0.25, 0.3) is 0 Å².